The Morgan fingerprint density at radius 1 is 1.12 bits per heavy atom. The number of hydrogen-bond donors (Lipinski definition) is 0. The van der Waals surface area contributed by atoms with Gasteiger partial charge in [-0.2, -0.15) is 5.26 Å². The molecule has 4 nitrogen and oxygen atoms in total. The second-order valence-corrected chi connectivity index (χ2v) is 6.00. The number of fused-ring (bicyclic) bond motifs is 1. The van der Waals surface area contributed by atoms with Crippen molar-refractivity contribution in [3.63, 3.8) is 0 Å². The van der Waals surface area contributed by atoms with E-state index in [1.54, 1.807) is 0 Å². The highest BCUT2D eigenvalue weighted by molar-refractivity contribution is 5.72. The van der Waals surface area contributed by atoms with Crippen molar-refractivity contribution in [3.05, 3.63) is 71.0 Å². The van der Waals surface area contributed by atoms with E-state index in [1.165, 1.54) is 11.1 Å². The molecule has 4 rings (SSSR count). The third kappa shape index (κ3) is 2.44. The minimum absolute atomic E-state index is 0.705. The molecule has 0 fully saturated rings. The first-order chi connectivity index (χ1) is 11.8. The summed E-state index contributed by atoms with van der Waals surface area (Å²) < 4.78 is 5.32. The van der Waals surface area contributed by atoms with Gasteiger partial charge >= 0.3 is 0 Å². The van der Waals surface area contributed by atoms with Gasteiger partial charge in [0.25, 0.3) is 0 Å². The summed E-state index contributed by atoms with van der Waals surface area (Å²) in [7, 11) is 0. The predicted octanol–water partition coefficient (Wildman–Crippen LogP) is 4.30. The van der Waals surface area contributed by atoms with Crippen molar-refractivity contribution >= 4 is 5.82 Å². The Hall–Kier alpha value is -3.06. The van der Waals surface area contributed by atoms with Crippen LogP contribution in [0.2, 0.25) is 0 Å². The zero-order chi connectivity index (χ0) is 16.5. The third-order valence-electron chi connectivity index (χ3n) is 4.51. The molecule has 0 atom stereocenters. The number of nitriles is 1. The van der Waals surface area contributed by atoms with Gasteiger partial charge in [0, 0.05) is 25.6 Å². The van der Waals surface area contributed by atoms with Gasteiger partial charge in [0.05, 0.1) is 11.6 Å². The van der Waals surface area contributed by atoms with Crippen LogP contribution in [0.15, 0.2) is 53.1 Å². The Balaban J connectivity index is 1.65. The van der Waals surface area contributed by atoms with E-state index in [1.807, 2.05) is 30.3 Å². The zero-order valence-electron chi connectivity index (χ0n) is 13.5. The molecule has 0 amide bonds. The van der Waals surface area contributed by atoms with Crippen LogP contribution in [0.4, 0.5) is 5.82 Å². The number of anilines is 1. The molecule has 24 heavy (non-hydrogen) atoms. The minimum atomic E-state index is 0.705. The standard InChI is InChI=1S/C20H17N3O/c1-2-18-10-20(22-24-18)23-12-16-8-7-14(9-17(16)13-23)19-6-4-3-5-15(19)11-21/h3-10H,2,12-13H2,1H3. The Kier molecular flexibility index (Phi) is 3.55. The Bertz CT molecular complexity index is 936. The molecule has 0 N–H and O–H groups in total. The molecule has 0 aliphatic carbocycles. The molecular formula is C20H17N3O. The number of rotatable bonds is 3. The van der Waals surface area contributed by atoms with Gasteiger partial charge in [-0.05, 0) is 34.4 Å². The van der Waals surface area contributed by atoms with Crippen molar-refractivity contribution in [3.8, 4) is 17.2 Å². The molecule has 0 saturated carbocycles. The van der Waals surface area contributed by atoms with Crippen molar-refractivity contribution < 1.29 is 4.52 Å². The lowest BCUT2D eigenvalue weighted by Gasteiger charge is -2.12. The molecule has 0 radical (unpaired) electrons. The Labute approximate surface area is 140 Å². The van der Waals surface area contributed by atoms with Gasteiger partial charge in [-0.25, -0.2) is 0 Å². The van der Waals surface area contributed by atoms with Crippen LogP contribution in [0, 0.1) is 11.3 Å². The van der Waals surface area contributed by atoms with Crippen molar-refractivity contribution in [2.75, 3.05) is 4.90 Å². The summed E-state index contributed by atoms with van der Waals surface area (Å²) in [6.45, 7) is 3.71. The molecule has 0 unspecified atom stereocenters. The summed E-state index contributed by atoms with van der Waals surface area (Å²) in [5.74, 6) is 1.80. The van der Waals surface area contributed by atoms with Crippen LogP contribution in [0.25, 0.3) is 11.1 Å². The van der Waals surface area contributed by atoms with Gasteiger partial charge in [-0.3, -0.25) is 0 Å². The van der Waals surface area contributed by atoms with E-state index >= 15 is 0 Å². The fourth-order valence-electron chi connectivity index (χ4n) is 3.17. The first-order valence-corrected chi connectivity index (χ1v) is 8.10. The van der Waals surface area contributed by atoms with E-state index < -0.39 is 0 Å². The van der Waals surface area contributed by atoms with E-state index in [2.05, 4.69) is 41.2 Å². The molecular weight excluding hydrogens is 298 g/mol. The van der Waals surface area contributed by atoms with Crippen molar-refractivity contribution in [1.29, 1.82) is 5.26 Å². The largest absolute Gasteiger partial charge is 0.359 e. The van der Waals surface area contributed by atoms with Crippen molar-refractivity contribution in [2.24, 2.45) is 0 Å². The normalized spacial score (nSPS) is 12.9. The lowest BCUT2D eigenvalue weighted by atomic mass is 9.97. The van der Waals surface area contributed by atoms with Crippen molar-refractivity contribution in [1.82, 2.24) is 5.16 Å². The smallest absolute Gasteiger partial charge is 0.172 e. The molecule has 1 aliphatic rings. The topological polar surface area (TPSA) is 53.1 Å². The maximum Gasteiger partial charge on any atom is 0.172 e. The number of hydrogen-bond acceptors (Lipinski definition) is 4. The molecule has 2 heterocycles. The Morgan fingerprint density at radius 3 is 2.75 bits per heavy atom. The number of nitrogens with zero attached hydrogens (tertiary/aromatic N) is 3. The SMILES string of the molecule is CCc1cc(N2Cc3ccc(-c4ccccc4C#N)cc3C2)no1. The third-order valence-corrected chi connectivity index (χ3v) is 4.51. The van der Waals surface area contributed by atoms with E-state index in [9.17, 15) is 5.26 Å². The van der Waals surface area contributed by atoms with Crippen molar-refractivity contribution in [2.45, 2.75) is 26.4 Å². The average Bonchev–Trinajstić information content (AvgIpc) is 3.27. The fourth-order valence-corrected chi connectivity index (χ4v) is 3.17. The monoisotopic (exact) mass is 315 g/mol. The maximum atomic E-state index is 9.31. The summed E-state index contributed by atoms with van der Waals surface area (Å²) in [4.78, 5) is 2.22. The summed E-state index contributed by atoms with van der Waals surface area (Å²) in [6.07, 6.45) is 0.850. The summed E-state index contributed by atoms with van der Waals surface area (Å²) in [6, 6.07) is 18.4. The molecule has 0 bridgehead atoms. The molecule has 1 aliphatic heterocycles. The van der Waals surface area contributed by atoms with Gasteiger partial charge in [0.2, 0.25) is 0 Å². The highest BCUT2D eigenvalue weighted by atomic mass is 16.5. The molecule has 2 aromatic carbocycles. The van der Waals surface area contributed by atoms with Gasteiger partial charge in [0.1, 0.15) is 5.76 Å². The molecule has 0 saturated heterocycles. The zero-order valence-corrected chi connectivity index (χ0v) is 13.5. The first kappa shape index (κ1) is 14.5. The highest BCUT2D eigenvalue weighted by Gasteiger charge is 2.22. The van der Waals surface area contributed by atoms with Gasteiger partial charge in [-0.15, -0.1) is 0 Å². The van der Waals surface area contributed by atoms with E-state index in [0.29, 0.717) is 5.56 Å². The molecule has 118 valence electrons. The maximum absolute atomic E-state index is 9.31. The first-order valence-electron chi connectivity index (χ1n) is 8.10. The van der Waals surface area contributed by atoms with Gasteiger partial charge < -0.3 is 9.42 Å². The van der Waals surface area contributed by atoms with Crippen LogP contribution in [0.5, 0.6) is 0 Å². The van der Waals surface area contributed by atoms with Crippen LogP contribution in [0.1, 0.15) is 29.4 Å². The predicted molar refractivity (Wildman–Crippen MR) is 92.4 cm³/mol. The lowest BCUT2D eigenvalue weighted by Crippen LogP contribution is -2.14. The average molecular weight is 315 g/mol. The van der Waals surface area contributed by atoms with Crippen LogP contribution >= 0.6 is 0 Å². The molecule has 4 heteroatoms. The minimum Gasteiger partial charge on any atom is -0.359 e. The fraction of sp³-hybridized carbons (Fsp3) is 0.200. The quantitative estimate of drug-likeness (QED) is 0.723. The van der Waals surface area contributed by atoms with E-state index in [0.717, 1.165) is 42.2 Å². The number of aryl methyl sites for hydroxylation is 1. The second kappa shape index (κ2) is 5.86. The van der Waals surface area contributed by atoms with E-state index in [-0.39, 0.29) is 0 Å². The van der Waals surface area contributed by atoms with Crippen LogP contribution < -0.4 is 4.90 Å². The molecule has 0 spiro atoms. The summed E-state index contributed by atoms with van der Waals surface area (Å²) in [5, 5.41) is 13.5. The molecule has 1 aromatic heterocycles. The van der Waals surface area contributed by atoms with Crippen LogP contribution in [0.3, 0.4) is 0 Å². The number of aromatic nitrogens is 1. The molecule has 3 aromatic rings. The van der Waals surface area contributed by atoms with Gasteiger partial charge in [0.15, 0.2) is 5.82 Å². The Morgan fingerprint density at radius 2 is 1.96 bits per heavy atom. The summed E-state index contributed by atoms with van der Waals surface area (Å²) in [5.41, 5.74) is 5.35. The summed E-state index contributed by atoms with van der Waals surface area (Å²) >= 11 is 0. The van der Waals surface area contributed by atoms with E-state index in [4.69, 9.17) is 4.52 Å². The number of benzene rings is 2. The van der Waals surface area contributed by atoms with Gasteiger partial charge in [-0.1, -0.05) is 42.4 Å². The van der Waals surface area contributed by atoms with Crippen LogP contribution in [-0.4, -0.2) is 5.16 Å². The highest BCUT2D eigenvalue weighted by Crippen LogP contribution is 2.32. The van der Waals surface area contributed by atoms with Crippen LogP contribution in [-0.2, 0) is 19.5 Å². The second-order valence-electron chi connectivity index (χ2n) is 6.00. The lowest BCUT2D eigenvalue weighted by molar-refractivity contribution is 0.386.